The van der Waals surface area contributed by atoms with E-state index in [-0.39, 0.29) is 30.9 Å². The van der Waals surface area contributed by atoms with Crippen molar-refractivity contribution in [2.45, 2.75) is 32.7 Å². The van der Waals surface area contributed by atoms with Crippen molar-refractivity contribution in [3.63, 3.8) is 0 Å². The Balaban J connectivity index is 1.89. The number of thiophene rings is 1. The number of carboxylic acid groups (broad SMARTS) is 1. The van der Waals surface area contributed by atoms with Crippen molar-refractivity contribution in [3.05, 3.63) is 27.6 Å². The number of rotatable bonds is 7. The molecule has 2 N–H and O–H groups in total. The van der Waals surface area contributed by atoms with Crippen LogP contribution >= 0.6 is 11.3 Å². The molecule has 0 saturated carbocycles. The average molecular weight is 323 g/mol. The lowest BCUT2D eigenvalue weighted by Gasteiger charge is -2.06. The first-order valence-corrected chi connectivity index (χ1v) is 7.73. The number of carbonyl (C=O) groups excluding carboxylic acids is 1. The standard InChI is InChI=1S/C14H17N3O4S/c1-9-7-10-13(22-9)16-8-17(14(10)21)6-4-11(18)15-5-2-3-12(19)20/h7-8H,2-6H2,1H3,(H,15,18)(H,19,20). The van der Waals surface area contributed by atoms with Gasteiger partial charge in [0.25, 0.3) is 5.56 Å². The highest BCUT2D eigenvalue weighted by molar-refractivity contribution is 7.18. The first kappa shape index (κ1) is 16.2. The average Bonchev–Trinajstić information content (AvgIpc) is 2.84. The zero-order valence-corrected chi connectivity index (χ0v) is 13.0. The van der Waals surface area contributed by atoms with Gasteiger partial charge in [-0.2, -0.15) is 0 Å². The van der Waals surface area contributed by atoms with Crippen LogP contribution < -0.4 is 10.9 Å². The Kier molecular flexibility index (Phi) is 5.26. The molecule has 2 aromatic heterocycles. The third-order valence-electron chi connectivity index (χ3n) is 3.11. The second-order valence-electron chi connectivity index (χ2n) is 4.92. The maximum atomic E-state index is 12.2. The summed E-state index contributed by atoms with van der Waals surface area (Å²) in [6, 6.07) is 1.80. The summed E-state index contributed by atoms with van der Waals surface area (Å²) in [6.07, 6.45) is 2.03. The first-order chi connectivity index (χ1) is 10.5. The number of hydrogen-bond donors (Lipinski definition) is 2. The number of aliphatic carboxylic acids is 1. The normalized spacial score (nSPS) is 10.8. The highest BCUT2D eigenvalue weighted by Gasteiger charge is 2.08. The van der Waals surface area contributed by atoms with Gasteiger partial charge in [-0.1, -0.05) is 0 Å². The zero-order valence-electron chi connectivity index (χ0n) is 12.2. The summed E-state index contributed by atoms with van der Waals surface area (Å²) in [6.45, 7) is 2.49. The molecule has 8 heteroatoms. The highest BCUT2D eigenvalue weighted by atomic mass is 32.1. The molecule has 0 radical (unpaired) electrons. The van der Waals surface area contributed by atoms with Crippen molar-refractivity contribution >= 4 is 33.4 Å². The summed E-state index contributed by atoms with van der Waals surface area (Å²) in [5, 5.41) is 11.7. The molecule has 0 atom stereocenters. The van der Waals surface area contributed by atoms with Gasteiger partial charge in [0.2, 0.25) is 5.91 Å². The van der Waals surface area contributed by atoms with Crippen LogP contribution in [-0.2, 0) is 16.1 Å². The third kappa shape index (κ3) is 4.14. The number of hydrogen-bond acceptors (Lipinski definition) is 5. The van der Waals surface area contributed by atoms with Crippen LogP contribution in [0.25, 0.3) is 10.2 Å². The Hall–Kier alpha value is -2.22. The summed E-state index contributed by atoms with van der Waals surface area (Å²) in [4.78, 5) is 40.2. The van der Waals surface area contributed by atoms with Gasteiger partial charge in [-0.3, -0.25) is 19.0 Å². The van der Waals surface area contributed by atoms with E-state index < -0.39 is 5.97 Å². The Morgan fingerprint density at radius 1 is 1.41 bits per heavy atom. The second-order valence-corrected chi connectivity index (χ2v) is 6.15. The molecule has 22 heavy (non-hydrogen) atoms. The number of carboxylic acids is 1. The second kappa shape index (κ2) is 7.17. The van der Waals surface area contributed by atoms with Crippen LogP contribution in [0.2, 0.25) is 0 Å². The minimum absolute atomic E-state index is 0.0256. The lowest BCUT2D eigenvalue weighted by atomic mass is 10.3. The van der Waals surface area contributed by atoms with Gasteiger partial charge in [-0.05, 0) is 19.4 Å². The summed E-state index contributed by atoms with van der Waals surface area (Å²) in [5.41, 5.74) is -0.145. The molecule has 2 rings (SSSR count). The molecule has 0 fully saturated rings. The molecule has 1 amide bonds. The lowest BCUT2D eigenvalue weighted by molar-refractivity contribution is -0.137. The minimum Gasteiger partial charge on any atom is -0.481 e. The molecule has 0 bridgehead atoms. The van der Waals surface area contributed by atoms with E-state index in [1.807, 2.05) is 6.92 Å². The Morgan fingerprint density at radius 2 is 2.18 bits per heavy atom. The number of nitrogens with one attached hydrogen (secondary N) is 1. The summed E-state index contributed by atoms with van der Waals surface area (Å²) in [5.74, 6) is -1.09. The molecule has 0 aromatic carbocycles. The van der Waals surface area contributed by atoms with E-state index in [4.69, 9.17) is 5.11 Å². The van der Waals surface area contributed by atoms with E-state index in [0.29, 0.717) is 23.2 Å². The van der Waals surface area contributed by atoms with Crippen LogP contribution in [-0.4, -0.2) is 33.1 Å². The fourth-order valence-electron chi connectivity index (χ4n) is 2.02. The van der Waals surface area contributed by atoms with Crippen LogP contribution in [0.15, 0.2) is 17.2 Å². The number of fused-ring (bicyclic) bond motifs is 1. The minimum atomic E-state index is -0.883. The third-order valence-corrected chi connectivity index (χ3v) is 4.07. The van der Waals surface area contributed by atoms with E-state index in [1.165, 1.54) is 22.2 Å². The molecule has 0 unspecified atom stereocenters. The van der Waals surface area contributed by atoms with Gasteiger partial charge >= 0.3 is 5.97 Å². The van der Waals surface area contributed by atoms with Crippen LogP contribution in [0.3, 0.4) is 0 Å². The fourth-order valence-corrected chi connectivity index (χ4v) is 2.86. The molecule has 2 aromatic rings. The van der Waals surface area contributed by atoms with Crippen molar-refractivity contribution in [1.82, 2.24) is 14.9 Å². The van der Waals surface area contributed by atoms with Crippen molar-refractivity contribution in [2.24, 2.45) is 0 Å². The van der Waals surface area contributed by atoms with E-state index in [1.54, 1.807) is 6.07 Å². The van der Waals surface area contributed by atoms with E-state index >= 15 is 0 Å². The summed E-state index contributed by atoms with van der Waals surface area (Å²) in [7, 11) is 0. The quantitative estimate of drug-likeness (QED) is 0.744. The van der Waals surface area contributed by atoms with Crippen LogP contribution in [0, 0.1) is 6.92 Å². The smallest absolute Gasteiger partial charge is 0.303 e. The molecule has 0 aliphatic heterocycles. The molecular weight excluding hydrogens is 306 g/mol. The predicted molar refractivity (Wildman–Crippen MR) is 83.1 cm³/mol. The number of carbonyl (C=O) groups is 2. The monoisotopic (exact) mass is 323 g/mol. The molecule has 0 saturated heterocycles. The van der Waals surface area contributed by atoms with Gasteiger partial charge in [-0.15, -0.1) is 11.3 Å². The Morgan fingerprint density at radius 3 is 2.91 bits per heavy atom. The van der Waals surface area contributed by atoms with Gasteiger partial charge in [-0.25, -0.2) is 4.98 Å². The van der Waals surface area contributed by atoms with Gasteiger partial charge < -0.3 is 10.4 Å². The highest BCUT2D eigenvalue weighted by Crippen LogP contribution is 2.19. The number of nitrogens with zero attached hydrogens (tertiary/aromatic N) is 2. The largest absolute Gasteiger partial charge is 0.481 e. The maximum Gasteiger partial charge on any atom is 0.303 e. The van der Waals surface area contributed by atoms with Gasteiger partial charge in [0.1, 0.15) is 4.83 Å². The number of amides is 1. The van der Waals surface area contributed by atoms with Crippen molar-refractivity contribution in [2.75, 3.05) is 6.54 Å². The SMILES string of the molecule is Cc1cc2c(=O)n(CCC(=O)NCCCC(=O)O)cnc2s1. The Labute approximate surface area is 130 Å². The number of aryl methyl sites for hydroxylation is 2. The number of aromatic nitrogens is 2. The predicted octanol–water partition coefficient (Wildman–Crippen LogP) is 1.14. The van der Waals surface area contributed by atoms with Crippen LogP contribution in [0.5, 0.6) is 0 Å². The van der Waals surface area contributed by atoms with Crippen LogP contribution in [0.1, 0.15) is 24.1 Å². The molecule has 0 spiro atoms. The van der Waals surface area contributed by atoms with Crippen molar-refractivity contribution < 1.29 is 14.7 Å². The zero-order chi connectivity index (χ0) is 16.1. The van der Waals surface area contributed by atoms with Crippen molar-refractivity contribution in [3.8, 4) is 0 Å². The Bertz CT molecular complexity index is 750. The van der Waals surface area contributed by atoms with E-state index in [0.717, 1.165) is 4.88 Å². The van der Waals surface area contributed by atoms with Gasteiger partial charge in [0.05, 0.1) is 11.7 Å². The summed E-state index contributed by atoms with van der Waals surface area (Å²) >= 11 is 1.46. The molecule has 0 aliphatic carbocycles. The fraction of sp³-hybridized carbons (Fsp3) is 0.429. The molecule has 7 nitrogen and oxygen atoms in total. The van der Waals surface area contributed by atoms with E-state index in [9.17, 15) is 14.4 Å². The van der Waals surface area contributed by atoms with E-state index in [2.05, 4.69) is 10.3 Å². The molecule has 0 aliphatic rings. The van der Waals surface area contributed by atoms with Crippen LogP contribution in [0.4, 0.5) is 0 Å². The molecule has 2 heterocycles. The first-order valence-electron chi connectivity index (χ1n) is 6.91. The van der Waals surface area contributed by atoms with Gasteiger partial charge in [0, 0.05) is 30.8 Å². The molecule has 118 valence electrons. The topological polar surface area (TPSA) is 101 Å². The van der Waals surface area contributed by atoms with Gasteiger partial charge in [0.15, 0.2) is 0 Å². The molecular formula is C14H17N3O4S. The maximum absolute atomic E-state index is 12.2. The van der Waals surface area contributed by atoms with Crippen molar-refractivity contribution in [1.29, 1.82) is 0 Å². The summed E-state index contributed by atoms with van der Waals surface area (Å²) < 4.78 is 1.42. The lowest BCUT2D eigenvalue weighted by Crippen LogP contribution is -2.28.